The van der Waals surface area contributed by atoms with Crippen LogP contribution in [0, 0.1) is 0 Å². The number of hydrogen-bond acceptors (Lipinski definition) is 5. The van der Waals surface area contributed by atoms with Gasteiger partial charge in [0.15, 0.2) is 0 Å². The van der Waals surface area contributed by atoms with Crippen LogP contribution in [0.5, 0.6) is 0 Å². The summed E-state index contributed by atoms with van der Waals surface area (Å²) in [6, 6.07) is 9.85. The van der Waals surface area contributed by atoms with Gasteiger partial charge in [-0.25, -0.2) is 0 Å². The average molecular weight is 300 g/mol. The van der Waals surface area contributed by atoms with Crippen molar-refractivity contribution < 1.29 is 9.32 Å². The van der Waals surface area contributed by atoms with Crippen molar-refractivity contribution in [1.29, 1.82) is 0 Å². The van der Waals surface area contributed by atoms with Crippen LogP contribution in [0.25, 0.3) is 11.4 Å². The molecular weight excluding hydrogens is 280 g/mol. The minimum absolute atomic E-state index is 0.0547. The average Bonchev–Trinajstić information content (AvgIpc) is 3.05. The monoisotopic (exact) mass is 300 g/mol. The Balaban J connectivity index is 1.68. The molecular formula is C16H20N4O2. The largest absolute Gasteiger partial charge is 0.340 e. The molecule has 2 heterocycles. The van der Waals surface area contributed by atoms with Crippen LogP contribution in [0.1, 0.15) is 25.8 Å². The first-order valence-corrected chi connectivity index (χ1v) is 7.54. The predicted molar refractivity (Wildman–Crippen MR) is 82.0 cm³/mol. The van der Waals surface area contributed by atoms with Crippen LogP contribution < -0.4 is 0 Å². The SMILES string of the molecule is CC(=O)N1CCN(C(C)c2nc(-c3ccccc3)no2)CC1. The van der Waals surface area contributed by atoms with Gasteiger partial charge in [-0.2, -0.15) is 4.98 Å². The minimum Gasteiger partial charge on any atom is -0.340 e. The molecule has 6 heteroatoms. The lowest BCUT2D eigenvalue weighted by molar-refractivity contribution is -0.130. The third kappa shape index (κ3) is 3.01. The first-order valence-electron chi connectivity index (χ1n) is 7.54. The van der Waals surface area contributed by atoms with Gasteiger partial charge in [0.05, 0.1) is 6.04 Å². The summed E-state index contributed by atoms with van der Waals surface area (Å²) in [5, 5.41) is 4.07. The molecule has 1 saturated heterocycles. The quantitative estimate of drug-likeness (QED) is 0.867. The van der Waals surface area contributed by atoms with Crippen molar-refractivity contribution >= 4 is 5.91 Å². The fraction of sp³-hybridized carbons (Fsp3) is 0.438. The van der Waals surface area contributed by atoms with E-state index in [2.05, 4.69) is 22.0 Å². The number of hydrogen-bond donors (Lipinski definition) is 0. The van der Waals surface area contributed by atoms with E-state index in [1.807, 2.05) is 35.2 Å². The van der Waals surface area contributed by atoms with Gasteiger partial charge >= 0.3 is 0 Å². The highest BCUT2D eigenvalue weighted by molar-refractivity contribution is 5.73. The number of carbonyl (C=O) groups excluding carboxylic acids is 1. The Hall–Kier alpha value is -2.21. The lowest BCUT2D eigenvalue weighted by Crippen LogP contribution is -2.48. The van der Waals surface area contributed by atoms with Gasteiger partial charge in [-0.1, -0.05) is 35.5 Å². The molecule has 1 atom stereocenters. The van der Waals surface area contributed by atoms with Crippen molar-refractivity contribution in [2.75, 3.05) is 26.2 Å². The lowest BCUT2D eigenvalue weighted by atomic mass is 10.2. The second-order valence-corrected chi connectivity index (χ2v) is 5.54. The summed E-state index contributed by atoms with van der Waals surface area (Å²) >= 11 is 0. The number of benzene rings is 1. The summed E-state index contributed by atoms with van der Waals surface area (Å²) in [6.45, 7) is 6.82. The van der Waals surface area contributed by atoms with Crippen LogP contribution >= 0.6 is 0 Å². The van der Waals surface area contributed by atoms with E-state index < -0.39 is 0 Å². The molecule has 0 bridgehead atoms. The molecule has 0 N–H and O–H groups in total. The molecule has 2 aromatic rings. The van der Waals surface area contributed by atoms with Crippen LogP contribution in [-0.4, -0.2) is 52.0 Å². The van der Waals surface area contributed by atoms with E-state index in [9.17, 15) is 4.79 Å². The standard InChI is InChI=1S/C16H20N4O2/c1-12(19-8-10-20(11-9-19)13(2)21)16-17-15(18-22-16)14-6-4-3-5-7-14/h3-7,12H,8-11H2,1-2H3. The van der Waals surface area contributed by atoms with Gasteiger partial charge in [0.25, 0.3) is 0 Å². The Morgan fingerprint density at radius 1 is 1.18 bits per heavy atom. The summed E-state index contributed by atoms with van der Waals surface area (Å²) in [7, 11) is 0. The van der Waals surface area contributed by atoms with Gasteiger partial charge in [0.1, 0.15) is 0 Å². The highest BCUT2D eigenvalue weighted by Gasteiger charge is 2.26. The Kier molecular flexibility index (Phi) is 4.20. The molecule has 0 spiro atoms. The first-order chi connectivity index (χ1) is 10.6. The van der Waals surface area contributed by atoms with E-state index in [0.29, 0.717) is 11.7 Å². The van der Waals surface area contributed by atoms with E-state index in [1.54, 1.807) is 6.92 Å². The van der Waals surface area contributed by atoms with Crippen LogP contribution in [0.3, 0.4) is 0 Å². The third-order valence-corrected chi connectivity index (χ3v) is 4.14. The third-order valence-electron chi connectivity index (χ3n) is 4.14. The van der Waals surface area contributed by atoms with Crippen LogP contribution in [0.2, 0.25) is 0 Å². The fourth-order valence-electron chi connectivity index (χ4n) is 2.69. The number of piperazine rings is 1. The smallest absolute Gasteiger partial charge is 0.244 e. The molecule has 116 valence electrons. The predicted octanol–water partition coefficient (Wildman–Crippen LogP) is 1.96. The molecule has 1 aliphatic rings. The topological polar surface area (TPSA) is 62.5 Å². The van der Waals surface area contributed by atoms with E-state index in [4.69, 9.17) is 4.52 Å². The van der Waals surface area contributed by atoms with E-state index in [-0.39, 0.29) is 11.9 Å². The Morgan fingerprint density at radius 3 is 2.50 bits per heavy atom. The number of rotatable bonds is 3. The van der Waals surface area contributed by atoms with Crippen LogP contribution in [0.4, 0.5) is 0 Å². The maximum atomic E-state index is 11.4. The van der Waals surface area contributed by atoms with Crippen molar-refractivity contribution in [1.82, 2.24) is 19.9 Å². The molecule has 6 nitrogen and oxygen atoms in total. The molecule has 22 heavy (non-hydrogen) atoms. The summed E-state index contributed by atoms with van der Waals surface area (Å²) in [4.78, 5) is 20.0. The van der Waals surface area contributed by atoms with Gasteiger partial charge in [-0.05, 0) is 6.92 Å². The Morgan fingerprint density at radius 2 is 1.86 bits per heavy atom. The molecule has 3 rings (SSSR count). The van der Waals surface area contributed by atoms with E-state index in [0.717, 1.165) is 31.7 Å². The first kappa shape index (κ1) is 14.7. The summed E-state index contributed by atoms with van der Waals surface area (Å²) in [5.74, 6) is 1.37. The lowest BCUT2D eigenvalue weighted by Gasteiger charge is -2.36. The number of nitrogens with zero attached hydrogens (tertiary/aromatic N) is 4. The number of aromatic nitrogens is 2. The summed E-state index contributed by atoms with van der Waals surface area (Å²) in [5.41, 5.74) is 0.950. The normalized spacial score (nSPS) is 17.5. The molecule has 0 aliphatic carbocycles. The zero-order valence-corrected chi connectivity index (χ0v) is 12.9. The highest BCUT2D eigenvalue weighted by Crippen LogP contribution is 2.23. The Bertz CT molecular complexity index is 633. The van der Waals surface area contributed by atoms with Crippen molar-refractivity contribution in [3.05, 3.63) is 36.2 Å². The van der Waals surface area contributed by atoms with Gasteiger partial charge in [-0.3, -0.25) is 9.69 Å². The van der Waals surface area contributed by atoms with Crippen LogP contribution in [-0.2, 0) is 4.79 Å². The van der Waals surface area contributed by atoms with Gasteiger partial charge in [0, 0.05) is 38.7 Å². The molecule has 1 aromatic carbocycles. The molecule has 1 fully saturated rings. The van der Waals surface area contributed by atoms with Gasteiger partial charge in [-0.15, -0.1) is 0 Å². The van der Waals surface area contributed by atoms with E-state index in [1.165, 1.54) is 0 Å². The molecule has 0 saturated carbocycles. The van der Waals surface area contributed by atoms with Crippen molar-refractivity contribution in [3.8, 4) is 11.4 Å². The highest BCUT2D eigenvalue weighted by atomic mass is 16.5. The number of amides is 1. The molecule has 0 radical (unpaired) electrons. The molecule has 1 unspecified atom stereocenters. The zero-order chi connectivity index (χ0) is 15.5. The van der Waals surface area contributed by atoms with Crippen LogP contribution in [0.15, 0.2) is 34.9 Å². The van der Waals surface area contributed by atoms with Crippen molar-refractivity contribution in [3.63, 3.8) is 0 Å². The maximum absolute atomic E-state index is 11.4. The van der Waals surface area contributed by atoms with Crippen molar-refractivity contribution in [2.45, 2.75) is 19.9 Å². The van der Waals surface area contributed by atoms with Crippen molar-refractivity contribution in [2.24, 2.45) is 0 Å². The summed E-state index contributed by atoms with van der Waals surface area (Å²) in [6.07, 6.45) is 0. The second kappa shape index (κ2) is 6.27. The molecule has 1 aliphatic heterocycles. The molecule has 1 aromatic heterocycles. The number of carbonyl (C=O) groups is 1. The summed E-state index contributed by atoms with van der Waals surface area (Å²) < 4.78 is 5.43. The van der Waals surface area contributed by atoms with Gasteiger partial charge < -0.3 is 9.42 Å². The van der Waals surface area contributed by atoms with E-state index >= 15 is 0 Å². The minimum atomic E-state index is 0.0547. The second-order valence-electron chi connectivity index (χ2n) is 5.54. The maximum Gasteiger partial charge on any atom is 0.244 e. The molecule has 1 amide bonds. The Labute approximate surface area is 129 Å². The zero-order valence-electron chi connectivity index (χ0n) is 12.9. The fourth-order valence-corrected chi connectivity index (χ4v) is 2.69. The van der Waals surface area contributed by atoms with Gasteiger partial charge in [0.2, 0.25) is 17.6 Å².